The minimum absolute atomic E-state index is 0.293. The molecule has 1 N–H and O–H groups in total. The third kappa shape index (κ3) is 1.69. The molecular formula is C12H21N3O. The van der Waals surface area contributed by atoms with E-state index in [-0.39, 0.29) is 0 Å². The molecule has 0 aromatic carbocycles. The van der Waals surface area contributed by atoms with Gasteiger partial charge in [0.05, 0.1) is 0 Å². The minimum Gasteiger partial charge on any atom is -0.325 e. The lowest BCUT2D eigenvalue weighted by Gasteiger charge is -2.53. The first kappa shape index (κ1) is 10.4. The van der Waals surface area contributed by atoms with Crippen molar-refractivity contribution in [3.05, 3.63) is 0 Å². The van der Waals surface area contributed by atoms with Gasteiger partial charge in [-0.1, -0.05) is 0 Å². The van der Waals surface area contributed by atoms with Gasteiger partial charge in [-0.15, -0.1) is 0 Å². The van der Waals surface area contributed by atoms with Gasteiger partial charge >= 0.3 is 6.03 Å². The maximum atomic E-state index is 12.1. The zero-order chi connectivity index (χ0) is 11.0. The summed E-state index contributed by atoms with van der Waals surface area (Å²) in [5.41, 5.74) is 0.473. The molecule has 0 aliphatic carbocycles. The molecule has 3 rings (SSSR count). The number of rotatable bonds is 0. The van der Waals surface area contributed by atoms with Gasteiger partial charge in [0.15, 0.2) is 0 Å². The van der Waals surface area contributed by atoms with Gasteiger partial charge in [-0.3, -0.25) is 0 Å². The summed E-state index contributed by atoms with van der Waals surface area (Å²) in [6, 6.07) is 0.293. The monoisotopic (exact) mass is 223 g/mol. The van der Waals surface area contributed by atoms with E-state index < -0.39 is 0 Å². The number of carbonyl (C=O) groups is 1. The Labute approximate surface area is 97.0 Å². The first-order valence-corrected chi connectivity index (χ1v) is 6.54. The lowest BCUT2D eigenvalue weighted by Crippen LogP contribution is -2.63. The first-order valence-electron chi connectivity index (χ1n) is 6.54. The standard InChI is InChI=1S/C12H21N3O/c16-11(14-7-1-2-8-14)15-9-12(10-15)3-5-13-6-4-12/h13H,1-10H2. The summed E-state index contributed by atoms with van der Waals surface area (Å²) in [5, 5.41) is 3.39. The summed E-state index contributed by atoms with van der Waals surface area (Å²) in [7, 11) is 0. The lowest BCUT2D eigenvalue weighted by atomic mass is 9.72. The van der Waals surface area contributed by atoms with E-state index in [4.69, 9.17) is 0 Å². The molecule has 0 radical (unpaired) electrons. The van der Waals surface area contributed by atoms with Crippen LogP contribution in [-0.2, 0) is 0 Å². The Hall–Kier alpha value is -0.770. The highest BCUT2D eigenvalue weighted by Gasteiger charge is 2.46. The Morgan fingerprint density at radius 3 is 2.25 bits per heavy atom. The van der Waals surface area contributed by atoms with Crippen LogP contribution >= 0.6 is 0 Å². The largest absolute Gasteiger partial charge is 0.325 e. The number of likely N-dealkylation sites (tertiary alicyclic amines) is 2. The summed E-state index contributed by atoms with van der Waals surface area (Å²) in [4.78, 5) is 16.2. The SMILES string of the molecule is O=C(N1CCCC1)N1CC2(CCNCC2)C1. The molecule has 4 heteroatoms. The van der Waals surface area contributed by atoms with Gasteiger partial charge in [-0.2, -0.15) is 0 Å². The normalized spacial score (nSPS) is 28.2. The summed E-state index contributed by atoms with van der Waals surface area (Å²) in [6.45, 7) is 6.22. The summed E-state index contributed by atoms with van der Waals surface area (Å²) < 4.78 is 0. The van der Waals surface area contributed by atoms with Crippen LogP contribution in [-0.4, -0.2) is 55.1 Å². The molecule has 0 aromatic heterocycles. The molecule has 2 amide bonds. The van der Waals surface area contributed by atoms with Crippen LogP contribution in [0.3, 0.4) is 0 Å². The van der Waals surface area contributed by atoms with Gasteiger partial charge < -0.3 is 15.1 Å². The highest BCUT2D eigenvalue weighted by atomic mass is 16.2. The number of urea groups is 1. The molecule has 0 bridgehead atoms. The molecule has 90 valence electrons. The third-order valence-corrected chi connectivity index (χ3v) is 4.36. The van der Waals surface area contributed by atoms with Crippen LogP contribution in [0.4, 0.5) is 4.79 Å². The van der Waals surface area contributed by atoms with Crippen LogP contribution in [0.5, 0.6) is 0 Å². The van der Waals surface area contributed by atoms with Crippen LogP contribution in [0.1, 0.15) is 25.7 Å². The van der Waals surface area contributed by atoms with Crippen molar-refractivity contribution in [2.24, 2.45) is 5.41 Å². The van der Waals surface area contributed by atoms with Crippen LogP contribution in [0.15, 0.2) is 0 Å². The summed E-state index contributed by atoms with van der Waals surface area (Å²) in [5.74, 6) is 0. The molecule has 3 fully saturated rings. The Morgan fingerprint density at radius 1 is 1.00 bits per heavy atom. The second kappa shape index (κ2) is 3.91. The number of nitrogens with zero attached hydrogens (tertiary/aromatic N) is 2. The fourth-order valence-corrected chi connectivity index (χ4v) is 3.28. The van der Waals surface area contributed by atoms with Crippen LogP contribution < -0.4 is 5.32 Å². The second-order valence-corrected chi connectivity index (χ2v) is 5.58. The van der Waals surface area contributed by atoms with Crippen molar-refractivity contribution >= 4 is 6.03 Å². The Morgan fingerprint density at radius 2 is 1.62 bits per heavy atom. The van der Waals surface area contributed by atoms with E-state index in [9.17, 15) is 4.79 Å². The molecule has 3 aliphatic heterocycles. The molecule has 4 nitrogen and oxygen atoms in total. The first-order chi connectivity index (χ1) is 7.79. The minimum atomic E-state index is 0.293. The maximum Gasteiger partial charge on any atom is 0.320 e. The predicted molar refractivity (Wildman–Crippen MR) is 62.3 cm³/mol. The van der Waals surface area contributed by atoms with Crippen LogP contribution in [0, 0.1) is 5.41 Å². The average molecular weight is 223 g/mol. The highest BCUT2D eigenvalue weighted by molar-refractivity contribution is 5.75. The highest BCUT2D eigenvalue weighted by Crippen LogP contribution is 2.39. The number of hydrogen-bond donors (Lipinski definition) is 1. The Kier molecular flexibility index (Phi) is 2.54. The van der Waals surface area contributed by atoms with E-state index in [0.29, 0.717) is 11.4 Å². The summed E-state index contributed by atoms with van der Waals surface area (Å²) >= 11 is 0. The number of hydrogen-bond acceptors (Lipinski definition) is 2. The van der Waals surface area contributed by atoms with E-state index >= 15 is 0 Å². The van der Waals surface area contributed by atoms with Crippen molar-refractivity contribution in [1.82, 2.24) is 15.1 Å². The molecule has 0 aromatic rings. The zero-order valence-corrected chi connectivity index (χ0v) is 9.87. The molecule has 3 aliphatic rings. The zero-order valence-electron chi connectivity index (χ0n) is 9.87. The fraction of sp³-hybridized carbons (Fsp3) is 0.917. The van der Waals surface area contributed by atoms with Crippen LogP contribution in [0.25, 0.3) is 0 Å². The van der Waals surface area contributed by atoms with E-state index in [0.717, 1.165) is 39.3 Å². The van der Waals surface area contributed by atoms with E-state index in [1.54, 1.807) is 0 Å². The van der Waals surface area contributed by atoms with E-state index in [1.165, 1.54) is 25.7 Å². The van der Waals surface area contributed by atoms with Gasteiger partial charge in [-0.25, -0.2) is 4.79 Å². The molecule has 3 saturated heterocycles. The van der Waals surface area contributed by atoms with Gasteiger partial charge in [0.2, 0.25) is 0 Å². The second-order valence-electron chi connectivity index (χ2n) is 5.58. The van der Waals surface area contributed by atoms with Gasteiger partial charge in [0.1, 0.15) is 0 Å². The van der Waals surface area contributed by atoms with Gasteiger partial charge in [-0.05, 0) is 38.8 Å². The van der Waals surface area contributed by atoms with E-state index in [2.05, 4.69) is 10.2 Å². The predicted octanol–water partition coefficient (Wildman–Crippen LogP) is 0.888. The van der Waals surface area contributed by atoms with Gasteiger partial charge in [0, 0.05) is 31.6 Å². The number of carbonyl (C=O) groups excluding carboxylic acids is 1. The topological polar surface area (TPSA) is 35.6 Å². The number of amides is 2. The molecule has 0 saturated carbocycles. The summed E-state index contributed by atoms with van der Waals surface area (Å²) in [6.07, 6.45) is 4.87. The van der Waals surface area contributed by atoms with Crippen molar-refractivity contribution in [2.45, 2.75) is 25.7 Å². The van der Waals surface area contributed by atoms with Crippen molar-refractivity contribution in [2.75, 3.05) is 39.3 Å². The third-order valence-electron chi connectivity index (χ3n) is 4.36. The quantitative estimate of drug-likeness (QED) is 0.662. The van der Waals surface area contributed by atoms with Gasteiger partial charge in [0.25, 0.3) is 0 Å². The fourth-order valence-electron chi connectivity index (χ4n) is 3.28. The molecular weight excluding hydrogens is 202 g/mol. The average Bonchev–Trinajstić information content (AvgIpc) is 2.79. The van der Waals surface area contributed by atoms with Crippen molar-refractivity contribution in [1.29, 1.82) is 0 Å². The smallest absolute Gasteiger partial charge is 0.320 e. The van der Waals surface area contributed by atoms with E-state index in [1.807, 2.05) is 4.90 Å². The Bertz CT molecular complexity index is 272. The molecule has 3 heterocycles. The lowest BCUT2D eigenvalue weighted by molar-refractivity contribution is -0.00329. The maximum absolute atomic E-state index is 12.1. The molecule has 0 atom stereocenters. The molecule has 1 spiro atoms. The number of nitrogens with one attached hydrogen (secondary N) is 1. The number of piperidine rings is 1. The van der Waals surface area contributed by atoms with Crippen molar-refractivity contribution in [3.63, 3.8) is 0 Å². The van der Waals surface area contributed by atoms with Crippen LogP contribution in [0.2, 0.25) is 0 Å². The Balaban J connectivity index is 1.53. The molecule has 16 heavy (non-hydrogen) atoms. The van der Waals surface area contributed by atoms with Crippen molar-refractivity contribution in [3.8, 4) is 0 Å². The van der Waals surface area contributed by atoms with Crippen molar-refractivity contribution < 1.29 is 4.79 Å². The molecule has 0 unspecified atom stereocenters.